The Hall–Kier alpha value is -1.35. The van der Waals surface area contributed by atoms with Crippen molar-refractivity contribution in [3.8, 4) is 0 Å². The molecule has 1 fully saturated rings. The summed E-state index contributed by atoms with van der Waals surface area (Å²) in [7, 11) is 1.70. The van der Waals surface area contributed by atoms with Crippen molar-refractivity contribution >= 4 is 17.3 Å². The number of alkyl halides is 3. The van der Waals surface area contributed by atoms with Gasteiger partial charge in [0.1, 0.15) is 0 Å². The van der Waals surface area contributed by atoms with Gasteiger partial charge in [-0.25, -0.2) is 4.98 Å². The highest BCUT2D eigenvalue weighted by Gasteiger charge is 2.33. The van der Waals surface area contributed by atoms with Crippen molar-refractivity contribution in [2.24, 2.45) is 10.9 Å². The number of piperidine rings is 1. The summed E-state index contributed by atoms with van der Waals surface area (Å²) in [5, 5.41) is 8.01. The van der Waals surface area contributed by atoms with Gasteiger partial charge in [-0.15, -0.1) is 11.3 Å². The van der Waals surface area contributed by atoms with Gasteiger partial charge in [0.15, 0.2) is 11.7 Å². The molecule has 1 unspecified atom stereocenters. The summed E-state index contributed by atoms with van der Waals surface area (Å²) in [6.45, 7) is 8.03. The van der Waals surface area contributed by atoms with E-state index in [1.807, 2.05) is 0 Å². The van der Waals surface area contributed by atoms with Crippen molar-refractivity contribution in [3.63, 3.8) is 0 Å². The number of aliphatic imine (C=N–C) groups is 1. The maximum Gasteiger partial charge on any atom is 0.434 e. The minimum Gasteiger partial charge on any atom is -0.356 e. The fourth-order valence-corrected chi connectivity index (χ4v) is 3.84. The third kappa shape index (κ3) is 6.42. The Morgan fingerprint density at radius 1 is 1.42 bits per heavy atom. The lowest BCUT2D eigenvalue weighted by Crippen LogP contribution is -2.46. The smallest absolute Gasteiger partial charge is 0.356 e. The molecule has 0 amide bonds. The minimum absolute atomic E-state index is 0.437. The largest absolute Gasteiger partial charge is 0.434 e. The molecule has 0 aliphatic carbocycles. The Bertz CT molecular complexity index is 585. The molecule has 0 spiro atoms. The van der Waals surface area contributed by atoms with E-state index in [1.165, 1.54) is 12.8 Å². The number of nitrogens with zero attached hydrogens (tertiary/aromatic N) is 3. The second kappa shape index (κ2) is 9.55. The molecule has 9 heteroatoms. The number of thiazole rings is 1. The standard InChI is InChI=1S/C17H28F3N5S/c1-12(2)25-8-4-5-13(10-25)9-23-16(21-3)22-7-6-15-24-14(11-26-15)17(18,19)20/h11-13H,4-10H2,1-3H3,(H2,21,22,23). The summed E-state index contributed by atoms with van der Waals surface area (Å²) in [6.07, 6.45) is -1.52. The van der Waals surface area contributed by atoms with Crippen LogP contribution in [0.3, 0.4) is 0 Å². The summed E-state index contributed by atoms with van der Waals surface area (Å²) < 4.78 is 37.7. The molecule has 2 N–H and O–H groups in total. The monoisotopic (exact) mass is 391 g/mol. The fourth-order valence-electron chi connectivity index (χ4n) is 3.04. The van der Waals surface area contributed by atoms with Crippen molar-refractivity contribution in [1.29, 1.82) is 0 Å². The van der Waals surface area contributed by atoms with Crippen LogP contribution in [0.1, 0.15) is 37.4 Å². The second-order valence-corrected chi connectivity index (χ2v) is 7.79. The van der Waals surface area contributed by atoms with Gasteiger partial charge in [-0.05, 0) is 39.2 Å². The van der Waals surface area contributed by atoms with Gasteiger partial charge in [-0.1, -0.05) is 0 Å². The van der Waals surface area contributed by atoms with Crippen molar-refractivity contribution in [3.05, 3.63) is 16.1 Å². The van der Waals surface area contributed by atoms with Gasteiger partial charge in [0.25, 0.3) is 0 Å². The van der Waals surface area contributed by atoms with E-state index in [4.69, 9.17) is 0 Å². The first-order chi connectivity index (χ1) is 12.3. The molecule has 148 valence electrons. The number of hydrogen-bond acceptors (Lipinski definition) is 4. The first kappa shape index (κ1) is 21.0. The van der Waals surface area contributed by atoms with Gasteiger partial charge in [0.2, 0.25) is 0 Å². The summed E-state index contributed by atoms with van der Waals surface area (Å²) in [5.74, 6) is 1.26. The van der Waals surface area contributed by atoms with E-state index in [-0.39, 0.29) is 0 Å². The molecule has 2 heterocycles. The number of halogens is 3. The Morgan fingerprint density at radius 2 is 2.19 bits per heavy atom. The van der Waals surface area contributed by atoms with Gasteiger partial charge < -0.3 is 15.5 Å². The van der Waals surface area contributed by atoms with Gasteiger partial charge in [0, 0.05) is 44.5 Å². The molecule has 1 aromatic rings. The van der Waals surface area contributed by atoms with Crippen LogP contribution in [0.15, 0.2) is 10.4 Å². The zero-order valence-electron chi connectivity index (χ0n) is 15.6. The zero-order valence-corrected chi connectivity index (χ0v) is 16.4. The highest BCUT2D eigenvalue weighted by Crippen LogP contribution is 2.30. The van der Waals surface area contributed by atoms with E-state index >= 15 is 0 Å². The number of aromatic nitrogens is 1. The minimum atomic E-state index is -4.37. The molecule has 0 saturated carbocycles. The molecule has 1 aromatic heterocycles. The number of hydrogen-bond donors (Lipinski definition) is 2. The first-order valence-corrected chi connectivity index (χ1v) is 9.87. The van der Waals surface area contributed by atoms with Crippen LogP contribution in [0, 0.1) is 5.92 Å². The van der Waals surface area contributed by atoms with E-state index < -0.39 is 11.9 Å². The molecule has 1 atom stereocenters. The Balaban J connectivity index is 1.72. The van der Waals surface area contributed by atoms with Crippen LogP contribution in [0.2, 0.25) is 0 Å². The molecule has 1 aliphatic rings. The lowest BCUT2D eigenvalue weighted by Gasteiger charge is -2.35. The van der Waals surface area contributed by atoms with Crippen LogP contribution in [-0.2, 0) is 12.6 Å². The maximum atomic E-state index is 12.6. The van der Waals surface area contributed by atoms with Crippen LogP contribution in [0.4, 0.5) is 13.2 Å². The van der Waals surface area contributed by atoms with E-state index in [0.29, 0.717) is 35.9 Å². The average molecular weight is 392 g/mol. The highest BCUT2D eigenvalue weighted by molar-refractivity contribution is 7.09. The molecule has 1 aliphatic heterocycles. The van der Waals surface area contributed by atoms with Crippen LogP contribution in [0.5, 0.6) is 0 Å². The average Bonchev–Trinajstić information content (AvgIpc) is 3.07. The normalized spacial score (nSPS) is 19.8. The summed E-state index contributed by atoms with van der Waals surface area (Å²) >= 11 is 1.04. The number of nitrogens with one attached hydrogen (secondary N) is 2. The third-order valence-corrected chi connectivity index (χ3v) is 5.44. The Morgan fingerprint density at radius 3 is 2.81 bits per heavy atom. The topological polar surface area (TPSA) is 52.6 Å². The van der Waals surface area contributed by atoms with Crippen molar-refractivity contribution in [1.82, 2.24) is 20.5 Å². The highest BCUT2D eigenvalue weighted by atomic mass is 32.1. The lowest BCUT2D eigenvalue weighted by molar-refractivity contribution is -0.140. The van der Waals surface area contributed by atoms with E-state index in [2.05, 4.69) is 39.4 Å². The maximum absolute atomic E-state index is 12.6. The molecule has 0 bridgehead atoms. The van der Waals surface area contributed by atoms with Gasteiger partial charge in [-0.2, -0.15) is 13.2 Å². The van der Waals surface area contributed by atoms with Gasteiger partial charge in [-0.3, -0.25) is 4.99 Å². The predicted octanol–water partition coefficient (Wildman–Crippen LogP) is 2.99. The first-order valence-electron chi connectivity index (χ1n) is 8.99. The van der Waals surface area contributed by atoms with Gasteiger partial charge in [0.05, 0.1) is 5.01 Å². The van der Waals surface area contributed by atoms with Crippen molar-refractivity contribution in [2.45, 2.75) is 45.3 Å². The Kier molecular flexibility index (Phi) is 7.69. The predicted molar refractivity (Wildman–Crippen MR) is 99.6 cm³/mol. The lowest BCUT2D eigenvalue weighted by atomic mass is 9.97. The molecule has 26 heavy (non-hydrogen) atoms. The number of guanidine groups is 1. The molecule has 2 rings (SSSR count). The molecule has 1 saturated heterocycles. The molecule has 5 nitrogen and oxygen atoms in total. The number of rotatable bonds is 6. The van der Waals surface area contributed by atoms with Gasteiger partial charge >= 0.3 is 6.18 Å². The van der Waals surface area contributed by atoms with Crippen LogP contribution < -0.4 is 10.6 Å². The van der Waals surface area contributed by atoms with E-state index in [0.717, 1.165) is 36.4 Å². The number of likely N-dealkylation sites (tertiary alicyclic amines) is 1. The van der Waals surface area contributed by atoms with Crippen LogP contribution in [-0.4, -0.2) is 55.1 Å². The quantitative estimate of drug-likeness (QED) is 0.578. The van der Waals surface area contributed by atoms with E-state index in [1.54, 1.807) is 7.05 Å². The van der Waals surface area contributed by atoms with E-state index in [9.17, 15) is 13.2 Å². The summed E-state index contributed by atoms with van der Waals surface area (Å²) in [5.41, 5.74) is -0.813. The third-order valence-electron chi connectivity index (χ3n) is 4.54. The van der Waals surface area contributed by atoms with Crippen molar-refractivity contribution < 1.29 is 13.2 Å². The Labute approximate surface area is 157 Å². The van der Waals surface area contributed by atoms with Crippen LogP contribution >= 0.6 is 11.3 Å². The molecule has 0 aromatic carbocycles. The summed E-state index contributed by atoms with van der Waals surface area (Å²) in [4.78, 5) is 10.3. The summed E-state index contributed by atoms with van der Waals surface area (Å²) in [6, 6.07) is 0.565. The fraction of sp³-hybridized carbons (Fsp3) is 0.765. The van der Waals surface area contributed by atoms with Crippen molar-refractivity contribution in [2.75, 3.05) is 33.2 Å². The zero-order chi connectivity index (χ0) is 19.2. The molecular weight excluding hydrogens is 363 g/mol. The second-order valence-electron chi connectivity index (χ2n) is 6.85. The molecular formula is C17H28F3N5S. The molecule has 0 radical (unpaired) electrons. The van der Waals surface area contributed by atoms with Crippen LogP contribution in [0.25, 0.3) is 0 Å². The SMILES string of the molecule is CN=C(NCCc1nc(C(F)(F)F)cs1)NCC1CCCN(C(C)C)C1.